The molecule has 2 atom stereocenters. The fourth-order valence-corrected chi connectivity index (χ4v) is 4.40. The molecule has 2 aliphatic carbocycles. The molecule has 0 amide bonds. The summed E-state index contributed by atoms with van der Waals surface area (Å²) >= 11 is 0. The number of aliphatic hydroxyl groups is 1. The second-order valence-corrected chi connectivity index (χ2v) is 9.18. The van der Waals surface area contributed by atoms with Crippen molar-refractivity contribution in [3.63, 3.8) is 0 Å². The van der Waals surface area contributed by atoms with Crippen LogP contribution in [-0.2, 0) is 12.7 Å². The van der Waals surface area contributed by atoms with Gasteiger partial charge in [-0.05, 0) is 79.7 Å². The van der Waals surface area contributed by atoms with Crippen LogP contribution in [0, 0.1) is 11.8 Å². The number of nitrogens with one attached hydrogen (secondary N) is 1. The van der Waals surface area contributed by atoms with Crippen LogP contribution in [0.3, 0.4) is 0 Å². The molecule has 2 unspecified atom stereocenters. The van der Waals surface area contributed by atoms with Crippen molar-refractivity contribution in [1.29, 1.82) is 0 Å². The first-order valence-electron chi connectivity index (χ1n) is 11.6. The maximum Gasteiger partial charge on any atom is 0.416 e. The highest BCUT2D eigenvalue weighted by Crippen LogP contribution is 2.39. The van der Waals surface area contributed by atoms with Crippen LogP contribution in [0.25, 0.3) is 0 Å². The number of hydrogen-bond donors (Lipinski definition) is 2. The molecule has 4 rings (SSSR count). The quantitative estimate of drug-likeness (QED) is 0.430. The maximum absolute atomic E-state index is 12.5. The molecule has 2 aliphatic rings. The highest BCUT2D eigenvalue weighted by molar-refractivity contribution is 5.27. The zero-order valence-electron chi connectivity index (χ0n) is 18.6. The zero-order valence-corrected chi connectivity index (χ0v) is 18.6. The summed E-state index contributed by atoms with van der Waals surface area (Å²) in [6, 6.07) is 16.1. The van der Waals surface area contributed by atoms with Crippen molar-refractivity contribution >= 4 is 0 Å². The van der Waals surface area contributed by atoms with Gasteiger partial charge in [-0.25, -0.2) is 0 Å². The van der Waals surface area contributed by atoms with Gasteiger partial charge in [0, 0.05) is 13.0 Å². The molecule has 0 heterocycles. The second-order valence-electron chi connectivity index (χ2n) is 9.18. The van der Waals surface area contributed by atoms with E-state index in [9.17, 15) is 18.3 Å². The van der Waals surface area contributed by atoms with Crippen LogP contribution >= 0.6 is 0 Å². The summed E-state index contributed by atoms with van der Waals surface area (Å²) < 4.78 is 37.6. The standard InChI is InChI=1S/C16H19F3O.C11H15N/c1-11(20)9-12-3-2-4-14(10-12)13-5-7-15(8-6-13)16(17,18)19;1-2-4-10(5-3-1)8-12-9-11-6-7-11/h5-8,12,14,20H,1-4,9-10H2;1-5,11-12H,6-9H2. The Morgan fingerprint density at radius 2 is 1.62 bits per heavy atom. The van der Waals surface area contributed by atoms with Crippen molar-refractivity contribution in [3.8, 4) is 0 Å². The van der Waals surface area contributed by atoms with E-state index < -0.39 is 11.7 Å². The third-order valence-electron chi connectivity index (χ3n) is 6.32. The van der Waals surface area contributed by atoms with Crippen LogP contribution in [0.4, 0.5) is 13.2 Å². The highest BCUT2D eigenvalue weighted by Gasteiger charge is 2.31. The molecule has 0 radical (unpaired) electrons. The Kier molecular flexibility index (Phi) is 8.80. The van der Waals surface area contributed by atoms with Crippen LogP contribution in [0.15, 0.2) is 66.9 Å². The minimum absolute atomic E-state index is 0.197. The van der Waals surface area contributed by atoms with Gasteiger partial charge in [0.25, 0.3) is 0 Å². The molecule has 2 N–H and O–H groups in total. The van der Waals surface area contributed by atoms with Crippen molar-refractivity contribution < 1.29 is 18.3 Å². The minimum Gasteiger partial charge on any atom is -0.513 e. The molecule has 0 spiro atoms. The van der Waals surface area contributed by atoms with Gasteiger partial charge < -0.3 is 10.4 Å². The summed E-state index contributed by atoms with van der Waals surface area (Å²) in [5.74, 6) is 1.85. The molecule has 32 heavy (non-hydrogen) atoms. The number of halogens is 3. The Labute approximate surface area is 189 Å². The molecule has 2 aromatic carbocycles. The second kappa shape index (κ2) is 11.6. The van der Waals surface area contributed by atoms with Gasteiger partial charge in [-0.2, -0.15) is 13.2 Å². The third kappa shape index (κ3) is 8.34. The number of aliphatic hydroxyl groups excluding tert-OH is 1. The molecule has 2 fully saturated rings. The SMILES string of the molecule is C=C(O)CC1CCCC(c2ccc(C(F)(F)F)cc2)C1.c1ccc(CNCC2CC2)cc1. The lowest BCUT2D eigenvalue weighted by atomic mass is 9.76. The molecule has 0 saturated heterocycles. The number of benzene rings is 2. The molecule has 5 heteroatoms. The first-order chi connectivity index (χ1) is 15.3. The lowest BCUT2D eigenvalue weighted by molar-refractivity contribution is -0.137. The lowest BCUT2D eigenvalue weighted by Gasteiger charge is -2.29. The topological polar surface area (TPSA) is 32.3 Å². The number of allylic oxidation sites excluding steroid dienone is 1. The van der Waals surface area contributed by atoms with E-state index in [1.165, 1.54) is 24.9 Å². The predicted octanol–water partition coefficient (Wildman–Crippen LogP) is 7.63. The van der Waals surface area contributed by atoms with Crippen LogP contribution in [-0.4, -0.2) is 11.7 Å². The van der Waals surface area contributed by atoms with Crippen LogP contribution in [0.2, 0.25) is 0 Å². The average molecular weight is 446 g/mol. The summed E-state index contributed by atoms with van der Waals surface area (Å²) in [4.78, 5) is 0. The summed E-state index contributed by atoms with van der Waals surface area (Å²) in [6.07, 6.45) is 3.19. The molecule has 2 aromatic rings. The van der Waals surface area contributed by atoms with Gasteiger partial charge in [-0.3, -0.25) is 0 Å². The van der Waals surface area contributed by atoms with E-state index in [-0.39, 0.29) is 11.7 Å². The van der Waals surface area contributed by atoms with Gasteiger partial charge in [0.2, 0.25) is 0 Å². The molecule has 0 aliphatic heterocycles. The first-order valence-corrected chi connectivity index (χ1v) is 11.6. The Bertz CT molecular complexity index is 828. The van der Waals surface area contributed by atoms with Crippen molar-refractivity contribution in [1.82, 2.24) is 5.32 Å². The predicted molar refractivity (Wildman–Crippen MR) is 123 cm³/mol. The van der Waals surface area contributed by atoms with Crippen LogP contribution in [0.1, 0.15) is 67.6 Å². The Morgan fingerprint density at radius 3 is 2.22 bits per heavy atom. The van der Waals surface area contributed by atoms with Gasteiger partial charge >= 0.3 is 6.18 Å². The number of hydrogen-bond acceptors (Lipinski definition) is 2. The van der Waals surface area contributed by atoms with E-state index in [4.69, 9.17) is 0 Å². The van der Waals surface area contributed by atoms with E-state index in [0.717, 1.165) is 55.8 Å². The van der Waals surface area contributed by atoms with Gasteiger partial charge in [-0.1, -0.05) is 55.5 Å². The monoisotopic (exact) mass is 445 g/mol. The maximum atomic E-state index is 12.5. The lowest BCUT2D eigenvalue weighted by Crippen LogP contribution is -2.15. The van der Waals surface area contributed by atoms with Gasteiger partial charge in [-0.15, -0.1) is 0 Å². The van der Waals surface area contributed by atoms with Crippen LogP contribution < -0.4 is 5.32 Å². The molecule has 174 valence electrons. The third-order valence-corrected chi connectivity index (χ3v) is 6.32. The van der Waals surface area contributed by atoms with Crippen molar-refractivity contribution in [2.75, 3.05) is 6.54 Å². The molecule has 0 aromatic heterocycles. The fourth-order valence-electron chi connectivity index (χ4n) is 4.40. The highest BCUT2D eigenvalue weighted by atomic mass is 19.4. The Balaban J connectivity index is 0.000000204. The largest absolute Gasteiger partial charge is 0.513 e. The number of rotatable bonds is 7. The summed E-state index contributed by atoms with van der Waals surface area (Å²) in [5.41, 5.74) is 1.75. The van der Waals surface area contributed by atoms with Crippen LogP contribution in [0.5, 0.6) is 0 Å². The van der Waals surface area contributed by atoms with Crippen molar-refractivity contribution in [3.05, 3.63) is 83.6 Å². The molecule has 2 nitrogen and oxygen atoms in total. The van der Waals surface area contributed by atoms with E-state index in [1.54, 1.807) is 12.1 Å². The smallest absolute Gasteiger partial charge is 0.416 e. The normalized spacial score (nSPS) is 20.8. The first kappa shape index (κ1) is 24.4. The molecular formula is C27H34F3NO. The van der Waals surface area contributed by atoms with E-state index in [0.29, 0.717) is 12.3 Å². The summed E-state index contributed by atoms with van der Waals surface area (Å²) in [5, 5.41) is 12.7. The minimum atomic E-state index is -4.28. The Morgan fingerprint density at radius 1 is 0.938 bits per heavy atom. The fraction of sp³-hybridized carbons (Fsp3) is 0.481. The van der Waals surface area contributed by atoms with Gasteiger partial charge in [0.15, 0.2) is 0 Å². The Hall–Kier alpha value is -2.27. The average Bonchev–Trinajstić information content (AvgIpc) is 3.59. The molecule has 0 bridgehead atoms. The zero-order chi connectivity index (χ0) is 23.0. The summed E-state index contributed by atoms with van der Waals surface area (Å²) in [7, 11) is 0. The van der Waals surface area contributed by atoms with Gasteiger partial charge in [0.05, 0.1) is 11.3 Å². The van der Waals surface area contributed by atoms with Gasteiger partial charge in [0.1, 0.15) is 0 Å². The molecule has 2 saturated carbocycles. The van der Waals surface area contributed by atoms with Crippen molar-refractivity contribution in [2.24, 2.45) is 11.8 Å². The van der Waals surface area contributed by atoms with Crippen molar-refractivity contribution in [2.45, 2.75) is 63.6 Å². The van der Waals surface area contributed by atoms with E-state index >= 15 is 0 Å². The molecular weight excluding hydrogens is 411 g/mol. The van der Waals surface area contributed by atoms with E-state index in [1.807, 2.05) is 0 Å². The van der Waals surface area contributed by atoms with E-state index in [2.05, 4.69) is 42.2 Å². The summed E-state index contributed by atoms with van der Waals surface area (Å²) in [6.45, 7) is 5.74. The number of alkyl halides is 3.